The highest BCUT2D eigenvalue weighted by molar-refractivity contribution is 6.51. The van der Waals surface area contributed by atoms with E-state index in [-0.39, 0.29) is 16.9 Å². The summed E-state index contributed by atoms with van der Waals surface area (Å²) in [6.45, 7) is 5.80. The van der Waals surface area contributed by atoms with Gasteiger partial charge in [0.25, 0.3) is 11.7 Å². The van der Waals surface area contributed by atoms with Gasteiger partial charge in [-0.1, -0.05) is 29.8 Å². The molecule has 1 unspecified atom stereocenters. The fourth-order valence-corrected chi connectivity index (χ4v) is 4.44. The molecule has 174 valence electrons. The first-order valence-corrected chi connectivity index (χ1v) is 11.4. The summed E-state index contributed by atoms with van der Waals surface area (Å²) in [4.78, 5) is 29.9. The third kappa shape index (κ3) is 4.29. The van der Waals surface area contributed by atoms with Gasteiger partial charge in [0.2, 0.25) is 0 Å². The first-order chi connectivity index (χ1) is 16.3. The molecule has 4 rings (SSSR count). The number of amides is 1. The highest BCUT2D eigenvalue weighted by atomic mass is 35.5. The van der Waals surface area contributed by atoms with E-state index in [1.54, 1.807) is 24.3 Å². The summed E-state index contributed by atoms with van der Waals surface area (Å²) < 4.78 is 13.4. The SMILES string of the molecule is CCN(CC)c1ccc(C2/C(=C(\O)c3ccc(F)cc3)C(=O)C(=O)N2c2cccc(Cl)c2)cc1. The number of aliphatic hydroxyl groups is 1. The maximum Gasteiger partial charge on any atom is 0.300 e. The van der Waals surface area contributed by atoms with Gasteiger partial charge < -0.3 is 10.0 Å². The van der Waals surface area contributed by atoms with Gasteiger partial charge in [0, 0.05) is 35.1 Å². The minimum absolute atomic E-state index is 0.0628. The zero-order valence-electron chi connectivity index (χ0n) is 18.8. The predicted octanol–water partition coefficient (Wildman–Crippen LogP) is 5.95. The number of ketones is 1. The van der Waals surface area contributed by atoms with Crippen molar-refractivity contribution in [3.05, 3.63) is 100 Å². The number of benzene rings is 3. The molecule has 0 bridgehead atoms. The van der Waals surface area contributed by atoms with E-state index < -0.39 is 23.5 Å². The molecular weight excluding hydrogens is 455 g/mol. The Hall–Kier alpha value is -3.64. The molecule has 0 saturated carbocycles. The molecule has 5 nitrogen and oxygen atoms in total. The van der Waals surface area contributed by atoms with Crippen LogP contribution in [-0.2, 0) is 9.59 Å². The Kier molecular flexibility index (Phi) is 6.70. The second-order valence-electron chi connectivity index (χ2n) is 7.92. The Morgan fingerprint density at radius 3 is 2.24 bits per heavy atom. The van der Waals surface area contributed by atoms with Crippen molar-refractivity contribution < 1.29 is 19.1 Å². The number of carbonyl (C=O) groups is 2. The van der Waals surface area contributed by atoms with Crippen molar-refractivity contribution in [1.82, 2.24) is 0 Å². The van der Waals surface area contributed by atoms with Gasteiger partial charge >= 0.3 is 0 Å². The minimum atomic E-state index is -0.880. The summed E-state index contributed by atoms with van der Waals surface area (Å²) in [5.74, 6) is -2.43. The van der Waals surface area contributed by atoms with Crippen molar-refractivity contribution in [2.24, 2.45) is 0 Å². The number of Topliss-reactive ketones (excluding diaryl/α,β-unsaturated/α-hetero) is 1. The van der Waals surface area contributed by atoms with Crippen molar-refractivity contribution in [1.29, 1.82) is 0 Å². The molecule has 1 N–H and O–H groups in total. The first-order valence-electron chi connectivity index (χ1n) is 11.0. The molecule has 0 radical (unpaired) electrons. The molecule has 3 aromatic carbocycles. The van der Waals surface area contributed by atoms with Crippen LogP contribution in [0.5, 0.6) is 0 Å². The number of rotatable bonds is 6. The number of hydrogen-bond acceptors (Lipinski definition) is 4. The highest BCUT2D eigenvalue weighted by Gasteiger charge is 2.47. The van der Waals surface area contributed by atoms with E-state index in [9.17, 15) is 19.1 Å². The third-order valence-corrected chi connectivity index (χ3v) is 6.22. The van der Waals surface area contributed by atoms with Crippen LogP contribution in [0.2, 0.25) is 5.02 Å². The van der Waals surface area contributed by atoms with Crippen LogP contribution in [0, 0.1) is 5.82 Å². The van der Waals surface area contributed by atoms with Crippen LogP contribution in [-0.4, -0.2) is 29.9 Å². The maximum absolute atomic E-state index is 13.4. The van der Waals surface area contributed by atoms with Crippen molar-refractivity contribution >= 4 is 40.4 Å². The third-order valence-electron chi connectivity index (χ3n) is 5.99. The van der Waals surface area contributed by atoms with Crippen LogP contribution < -0.4 is 9.80 Å². The zero-order valence-corrected chi connectivity index (χ0v) is 19.6. The monoisotopic (exact) mass is 478 g/mol. The molecule has 1 saturated heterocycles. The fraction of sp³-hybridized carbons (Fsp3) is 0.185. The zero-order chi connectivity index (χ0) is 24.4. The molecule has 1 heterocycles. The largest absolute Gasteiger partial charge is 0.507 e. The average Bonchev–Trinajstić information content (AvgIpc) is 3.11. The Morgan fingerprint density at radius 1 is 1.00 bits per heavy atom. The molecular formula is C27H24ClFN2O3. The molecule has 1 aliphatic rings. The summed E-state index contributed by atoms with van der Waals surface area (Å²) >= 11 is 6.17. The number of halogens is 2. The van der Waals surface area contributed by atoms with E-state index in [2.05, 4.69) is 18.7 Å². The lowest BCUT2D eigenvalue weighted by Crippen LogP contribution is -2.29. The molecule has 1 amide bonds. The summed E-state index contributed by atoms with van der Waals surface area (Å²) in [6, 6.07) is 18.5. The quantitative estimate of drug-likeness (QED) is 0.270. The van der Waals surface area contributed by atoms with Crippen molar-refractivity contribution in [2.75, 3.05) is 22.9 Å². The minimum Gasteiger partial charge on any atom is -0.507 e. The molecule has 0 aliphatic carbocycles. The van der Waals surface area contributed by atoms with E-state index >= 15 is 0 Å². The number of nitrogens with zero attached hydrogens (tertiary/aromatic N) is 2. The lowest BCUT2D eigenvalue weighted by atomic mass is 9.95. The van der Waals surface area contributed by atoms with Crippen LogP contribution in [0.4, 0.5) is 15.8 Å². The molecule has 3 aromatic rings. The normalized spacial score (nSPS) is 17.3. The summed E-state index contributed by atoms with van der Waals surface area (Å²) in [6.07, 6.45) is 0. The summed E-state index contributed by atoms with van der Waals surface area (Å²) in [5.41, 5.74) is 2.28. The molecule has 1 aliphatic heterocycles. The fourth-order valence-electron chi connectivity index (χ4n) is 4.26. The van der Waals surface area contributed by atoms with Gasteiger partial charge in [-0.05, 0) is 74.0 Å². The molecule has 7 heteroatoms. The molecule has 0 spiro atoms. The van der Waals surface area contributed by atoms with Crippen molar-refractivity contribution in [2.45, 2.75) is 19.9 Å². The molecule has 34 heavy (non-hydrogen) atoms. The Labute approximate surface area is 202 Å². The molecule has 1 fully saturated rings. The van der Waals surface area contributed by atoms with Crippen LogP contribution in [0.15, 0.2) is 78.4 Å². The number of hydrogen-bond donors (Lipinski definition) is 1. The second-order valence-corrected chi connectivity index (χ2v) is 8.36. The van der Waals surface area contributed by atoms with Gasteiger partial charge in [-0.25, -0.2) is 4.39 Å². The van der Waals surface area contributed by atoms with E-state index in [0.29, 0.717) is 16.3 Å². The Bertz CT molecular complexity index is 1250. The predicted molar refractivity (Wildman–Crippen MR) is 133 cm³/mol. The van der Waals surface area contributed by atoms with Crippen molar-refractivity contribution in [3.8, 4) is 0 Å². The van der Waals surface area contributed by atoms with E-state index in [1.807, 2.05) is 24.3 Å². The smallest absolute Gasteiger partial charge is 0.300 e. The number of aliphatic hydroxyl groups excluding tert-OH is 1. The van der Waals surface area contributed by atoms with Crippen LogP contribution in [0.25, 0.3) is 5.76 Å². The van der Waals surface area contributed by atoms with Gasteiger partial charge in [0.1, 0.15) is 11.6 Å². The lowest BCUT2D eigenvalue weighted by Gasteiger charge is -2.27. The van der Waals surface area contributed by atoms with Gasteiger partial charge in [0.15, 0.2) is 0 Å². The standard InChI is InChI=1S/C27H24ClFN2O3/c1-3-30(4-2)21-14-10-17(11-15-21)24-23(25(32)18-8-12-20(29)13-9-18)26(33)27(34)31(24)22-7-5-6-19(28)16-22/h5-16,24,32H,3-4H2,1-2H3/b25-23+. The van der Waals surface area contributed by atoms with Crippen LogP contribution in [0.3, 0.4) is 0 Å². The second kappa shape index (κ2) is 9.69. The highest BCUT2D eigenvalue weighted by Crippen LogP contribution is 2.43. The molecule has 1 atom stereocenters. The van der Waals surface area contributed by atoms with E-state index in [4.69, 9.17) is 11.6 Å². The summed E-state index contributed by atoms with van der Waals surface area (Å²) in [7, 11) is 0. The number of anilines is 2. The van der Waals surface area contributed by atoms with Gasteiger partial charge in [0.05, 0.1) is 11.6 Å². The van der Waals surface area contributed by atoms with Crippen LogP contribution in [0.1, 0.15) is 31.0 Å². The molecule has 0 aromatic heterocycles. The lowest BCUT2D eigenvalue weighted by molar-refractivity contribution is -0.132. The van der Waals surface area contributed by atoms with E-state index in [0.717, 1.165) is 18.8 Å². The summed E-state index contributed by atoms with van der Waals surface area (Å²) in [5, 5.41) is 11.5. The van der Waals surface area contributed by atoms with E-state index in [1.165, 1.54) is 29.2 Å². The first kappa shape index (κ1) is 23.5. The van der Waals surface area contributed by atoms with Gasteiger partial charge in [-0.3, -0.25) is 14.5 Å². The van der Waals surface area contributed by atoms with Crippen molar-refractivity contribution in [3.63, 3.8) is 0 Å². The Morgan fingerprint density at radius 2 is 1.65 bits per heavy atom. The Balaban J connectivity index is 1.90. The van der Waals surface area contributed by atoms with Crippen LogP contribution >= 0.6 is 11.6 Å². The average molecular weight is 479 g/mol. The maximum atomic E-state index is 13.4. The topological polar surface area (TPSA) is 60.9 Å². The van der Waals surface area contributed by atoms with Gasteiger partial charge in [-0.2, -0.15) is 0 Å². The number of carbonyl (C=O) groups excluding carboxylic acids is 2. The van der Waals surface area contributed by atoms with Gasteiger partial charge in [-0.15, -0.1) is 0 Å².